The summed E-state index contributed by atoms with van der Waals surface area (Å²) in [5.41, 5.74) is 4.39. The summed E-state index contributed by atoms with van der Waals surface area (Å²) in [4.78, 5) is 42.0. The number of nitrogens with zero attached hydrogens (tertiary/aromatic N) is 2. The molecule has 2 aliphatic rings. The predicted molar refractivity (Wildman–Crippen MR) is 126 cm³/mol. The van der Waals surface area contributed by atoms with Gasteiger partial charge in [-0.05, 0) is 34.4 Å². The van der Waals surface area contributed by atoms with Gasteiger partial charge in [-0.25, -0.2) is 14.6 Å². The molecule has 178 valence electrons. The zero-order valence-corrected chi connectivity index (χ0v) is 18.6. The minimum atomic E-state index is -1.19. The van der Waals surface area contributed by atoms with Crippen molar-refractivity contribution in [2.45, 2.75) is 24.5 Å². The number of rotatable bonds is 5. The van der Waals surface area contributed by atoms with Crippen LogP contribution in [0, 0.1) is 0 Å². The van der Waals surface area contributed by atoms with E-state index in [0.29, 0.717) is 0 Å². The molecular weight excluding hydrogens is 450 g/mol. The number of aliphatic carboxylic acids is 1. The van der Waals surface area contributed by atoms with E-state index in [1.165, 1.54) is 18.2 Å². The first-order valence-electron chi connectivity index (χ1n) is 11.2. The van der Waals surface area contributed by atoms with E-state index in [9.17, 15) is 24.6 Å². The van der Waals surface area contributed by atoms with E-state index in [2.05, 4.69) is 22.4 Å². The Morgan fingerprint density at radius 1 is 0.971 bits per heavy atom. The molecule has 2 aromatic carbocycles. The van der Waals surface area contributed by atoms with Crippen molar-refractivity contribution in [3.8, 4) is 11.1 Å². The van der Waals surface area contributed by atoms with E-state index >= 15 is 0 Å². The molecule has 3 N–H and O–H groups in total. The van der Waals surface area contributed by atoms with E-state index in [1.807, 2.05) is 36.4 Å². The third-order valence-electron chi connectivity index (χ3n) is 6.37. The summed E-state index contributed by atoms with van der Waals surface area (Å²) in [7, 11) is 0. The average molecular weight is 473 g/mol. The molecule has 5 rings (SSSR count). The predicted octanol–water partition coefficient (Wildman–Crippen LogP) is 3.10. The lowest BCUT2D eigenvalue weighted by Crippen LogP contribution is -2.41. The summed E-state index contributed by atoms with van der Waals surface area (Å²) < 4.78 is 5.51. The molecule has 0 bridgehead atoms. The molecule has 9 heteroatoms. The number of carbonyl (C=O) groups excluding carboxylic acids is 2. The summed E-state index contributed by atoms with van der Waals surface area (Å²) in [5.74, 6) is -1.82. The average Bonchev–Trinajstić information content (AvgIpc) is 3.41. The van der Waals surface area contributed by atoms with Crippen molar-refractivity contribution < 1.29 is 29.3 Å². The van der Waals surface area contributed by atoms with Gasteiger partial charge in [0.1, 0.15) is 24.2 Å². The SMILES string of the molecule is O=C(Nc1cccc(C(=O)N2CC(O)CC2C(=O)O)n1)OCC1c2ccccc2-c2ccccc21. The van der Waals surface area contributed by atoms with Crippen LogP contribution in [0.3, 0.4) is 0 Å². The number of aromatic nitrogens is 1. The molecule has 3 aromatic rings. The maximum atomic E-state index is 12.8. The maximum Gasteiger partial charge on any atom is 0.412 e. The molecule has 9 nitrogen and oxygen atoms in total. The second-order valence-electron chi connectivity index (χ2n) is 8.56. The number of aliphatic hydroxyl groups excluding tert-OH is 1. The first kappa shape index (κ1) is 22.5. The monoisotopic (exact) mass is 473 g/mol. The fourth-order valence-corrected chi connectivity index (χ4v) is 4.78. The Bertz CT molecular complexity index is 1260. The number of pyridine rings is 1. The fourth-order valence-electron chi connectivity index (χ4n) is 4.78. The lowest BCUT2D eigenvalue weighted by molar-refractivity contribution is -0.141. The van der Waals surface area contributed by atoms with Crippen molar-refractivity contribution in [2.75, 3.05) is 18.5 Å². The van der Waals surface area contributed by atoms with Crippen LogP contribution in [0.5, 0.6) is 0 Å². The van der Waals surface area contributed by atoms with Gasteiger partial charge in [-0.3, -0.25) is 10.1 Å². The highest BCUT2D eigenvalue weighted by Crippen LogP contribution is 2.44. The van der Waals surface area contributed by atoms with Crippen LogP contribution < -0.4 is 5.32 Å². The highest BCUT2D eigenvalue weighted by Gasteiger charge is 2.39. The molecule has 0 saturated carbocycles. The number of anilines is 1. The van der Waals surface area contributed by atoms with Crippen LogP contribution in [0.25, 0.3) is 11.1 Å². The van der Waals surface area contributed by atoms with Gasteiger partial charge in [0.05, 0.1) is 6.10 Å². The van der Waals surface area contributed by atoms with Crippen molar-refractivity contribution in [1.82, 2.24) is 9.88 Å². The Balaban J connectivity index is 1.26. The second-order valence-corrected chi connectivity index (χ2v) is 8.56. The van der Waals surface area contributed by atoms with Gasteiger partial charge in [-0.2, -0.15) is 0 Å². The normalized spacial score (nSPS) is 18.6. The van der Waals surface area contributed by atoms with Crippen molar-refractivity contribution >= 4 is 23.8 Å². The number of fused-ring (bicyclic) bond motifs is 3. The number of β-amino-alcohol motifs (C(OH)–C–C–N with tert-alkyl or cyclic N) is 1. The molecule has 2 heterocycles. The van der Waals surface area contributed by atoms with Gasteiger partial charge in [0.2, 0.25) is 0 Å². The number of likely N-dealkylation sites (tertiary alicyclic amines) is 1. The van der Waals surface area contributed by atoms with E-state index in [0.717, 1.165) is 27.2 Å². The van der Waals surface area contributed by atoms with Crippen LogP contribution >= 0.6 is 0 Å². The standard InChI is InChI=1S/C26H23N3O6/c30-15-12-22(25(32)33)29(13-15)24(31)21-10-5-11-23(27-21)28-26(34)35-14-20-18-8-3-1-6-16(18)17-7-2-4-9-19(17)20/h1-11,15,20,22,30H,12-14H2,(H,32,33)(H,27,28,34). The molecule has 1 fully saturated rings. The number of hydrogen-bond acceptors (Lipinski definition) is 6. The molecule has 1 saturated heterocycles. The van der Waals surface area contributed by atoms with Gasteiger partial charge in [0, 0.05) is 18.9 Å². The Morgan fingerprint density at radius 2 is 1.63 bits per heavy atom. The van der Waals surface area contributed by atoms with Gasteiger partial charge in [-0.1, -0.05) is 54.6 Å². The number of aliphatic hydroxyl groups is 1. The van der Waals surface area contributed by atoms with Crippen LogP contribution in [-0.4, -0.2) is 63.4 Å². The topological polar surface area (TPSA) is 129 Å². The summed E-state index contributed by atoms with van der Waals surface area (Å²) in [5, 5.41) is 21.7. The minimum absolute atomic E-state index is 0.0400. The lowest BCUT2D eigenvalue weighted by Gasteiger charge is -2.20. The molecule has 1 aliphatic heterocycles. The molecule has 1 aromatic heterocycles. The zero-order valence-electron chi connectivity index (χ0n) is 18.6. The van der Waals surface area contributed by atoms with Crippen molar-refractivity contribution in [1.29, 1.82) is 0 Å². The van der Waals surface area contributed by atoms with Crippen molar-refractivity contribution in [3.63, 3.8) is 0 Å². The largest absolute Gasteiger partial charge is 0.480 e. The van der Waals surface area contributed by atoms with Crippen LogP contribution in [-0.2, 0) is 9.53 Å². The molecule has 35 heavy (non-hydrogen) atoms. The summed E-state index contributed by atoms with van der Waals surface area (Å²) in [6.07, 6.45) is -1.68. The van der Waals surface area contributed by atoms with Crippen molar-refractivity contribution in [2.24, 2.45) is 0 Å². The Kier molecular flexibility index (Phi) is 5.92. The smallest absolute Gasteiger partial charge is 0.412 e. The number of carboxylic acid groups (broad SMARTS) is 1. The van der Waals surface area contributed by atoms with Crippen LogP contribution in [0.2, 0.25) is 0 Å². The fraction of sp³-hybridized carbons (Fsp3) is 0.231. The van der Waals surface area contributed by atoms with E-state index in [-0.39, 0.29) is 37.0 Å². The molecule has 2 atom stereocenters. The summed E-state index contributed by atoms with van der Waals surface area (Å²) in [6, 6.07) is 19.4. The highest BCUT2D eigenvalue weighted by molar-refractivity contribution is 5.96. The van der Waals surface area contributed by atoms with Crippen LogP contribution in [0.4, 0.5) is 10.6 Å². The molecule has 2 unspecified atom stereocenters. The van der Waals surface area contributed by atoms with Crippen LogP contribution in [0.1, 0.15) is 34.0 Å². The Labute approximate surface area is 201 Å². The number of hydrogen-bond donors (Lipinski definition) is 3. The molecule has 0 spiro atoms. The summed E-state index contributed by atoms with van der Waals surface area (Å²) in [6.45, 7) is 0.0337. The number of carbonyl (C=O) groups is 3. The number of benzene rings is 2. The third kappa shape index (κ3) is 4.33. The van der Waals surface area contributed by atoms with E-state index in [4.69, 9.17) is 4.74 Å². The second kappa shape index (κ2) is 9.19. The van der Waals surface area contributed by atoms with Crippen LogP contribution in [0.15, 0.2) is 66.7 Å². The quantitative estimate of drug-likeness (QED) is 0.519. The van der Waals surface area contributed by atoms with Gasteiger partial charge in [0.25, 0.3) is 5.91 Å². The van der Waals surface area contributed by atoms with Gasteiger partial charge >= 0.3 is 12.1 Å². The van der Waals surface area contributed by atoms with Gasteiger partial charge < -0.3 is 19.8 Å². The molecular formula is C26H23N3O6. The Hall–Kier alpha value is -4.24. The molecule has 2 amide bonds. The minimum Gasteiger partial charge on any atom is -0.480 e. The Morgan fingerprint density at radius 3 is 2.29 bits per heavy atom. The first-order chi connectivity index (χ1) is 16.9. The number of carboxylic acids is 1. The van der Waals surface area contributed by atoms with E-state index < -0.39 is 30.1 Å². The first-order valence-corrected chi connectivity index (χ1v) is 11.2. The third-order valence-corrected chi connectivity index (χ3v) is 6.37. The number of nitrogens with one attached hydrogen (secondary N) is 1. The number of ether oxygens (including phenoxy) is 1. The maximum absolute atomic E-state index is 12.8. The number of amides is 2. The van der Waals surface area contributed by atoms with E-state index in [1.54, 1.807) is 0 Å². The molecule has 1 aliphatic carbocycles. The molecule has 0 radical (unpaired) electrons. The highest BCUT2D eigenvalue weighted by atomic mass is 16.5. The lowest BCUT2D eigenvalue weighted by atomic mass is 9.98. The van der Waals surface area contributed by atoms with Gasteiger partial charge in [-0.15, -0.1) is 0 Å². The van der Waals surface area contributed by atoms with Gasteiger partial charge in [0.15, 0.2) is 0 Å². The zero-order chi connectivity index (χ0) is 24.5. The summed E-state index contributed by atoms with van der Waals surface area (Å²) >= 11 is 0. The van der Waals surface area contributed by atoms with Crippen molar-refractivity contribution in [3.05, 3.63) is 83.6 Å².